The first kappa shape index (κ1) is 16.5. The highest BCUT2D eigenvalue weighted by Gasteiger charge is 2.60. The molecule has 25 heavy (non-hydrogen) atoms. The zero-order valence-corrected chi connectivity index (χ0v) is 13.9. The number of benzene rings is 1. The predicted octanol–water partition coefficient (Wildman–Crippen LogP) is 2.47. The van der Waals surface area contributed by atoms with Crippen molar-refractivity contribution in [3.05, 3.63) is 39.9 Å². The normalized spacial score (nSPS) is 35.6. The van der Waals surface area contributed by atoms with Crippen molar-refractivity contribution in [2.45, 2.75) is 50.7 Å². The first-order valence-electron chi connectivity index (χ1n) is 8.76. The highest BCUT2D eigenvalue weighted by atomic mass is 16.7. The quantitative estimate of drug-likeness (QED) is 0.630. The molecule has 1 aromatic rings. The Labute approximate surface area is 145 Å². The molecule has 0 saturated heterocycles. The number of nitrogens with one attached hydrogen (secondary N) is 1. The van der Waals surface area contributed by atoms with Crippen molar-refractivity contribution >= 4 is 11.6 Å². The van der Waals surface area contributed by atoms with E-state index in [1.807, 2.05) is 0 Å². The van der Waals surface area contributed by atoms with E-state index in [9.17, 15) is 20.0 Å². The Morgan fingerprint density at radius 1 is 1.24 bits per heavy atom. The lowest BCUT2D eigenvalue weighted by Crippen LogP contribution is -2.60. The van der Waals surface area contributed by atoms with E-state index in [-0.39, 0.29) is 18.2 Å². The van der Waals surface area contributed by atoms with E-state index in [0.29, 0.717) is 18.3 Å². The first-order valence-corrected chi connectivity index (χ1v) is 8.76. The smallest absolute Gasteiger partial charge is 0.269 e. The van der Waals surface area contributed by atoms with Crippen molar-refractivity contribution in [2.75, 3.05) is 0 Å². The van der Waals surface area contributed by atoms with E-state index in [2.05, 4.69) is 5.48 Å². The zero-order chi connectivity index (χ0) is 17.7. The van der Waals surface area contributed by atoms with Gasteiger partial charge in [-0.3, -0.25) is 19.7 Å². The molecule has 4 aliphatic rings. The number of nitro groups is 1. The number of hydroxylamine groups is 1. The number of hydrogen-bond donors (Lipinski definition) is 2. The number of nitrogens with zero attached hydrogens (tertiary/aromatic N) is 1. The Kier molecular flexibility index (Phi) is 3.81. The number of non-ortho nitro benzene ring substituents is 1. The van der Waals surface area contributed by atoms with E-state index in [1.165, 1.54) is 12.1 Å². The van der Waals surface area contributed by atoms with Crippen LogP contribution in [-0.4, -0.2) is 21.5 Å². The van der Waals surface area contributed by atoms with Crippen LogP contribution < -0.4 is 5.48 Å². The highest BCUT2D eigenvalue weighted by molar-refractivity contribution is 5.82. The van der Waals surface area contributed by atoms with Crippen LogP contribution in [-0.2, 0) is 16.2 Å². The second-order valence-electron chi connectivity index (χ2n) is 8.11. The summed E-state index contributed by atoms with van der Waals surface area (Å²) in [4.78, 5) is 28.3. The molecule has 7 nitrogen and oxygen atoms in total. The van der Waals surface area contributed by atoms with Crippen molar-refractivity contribution in [1.29, 1.82) is 0 Å². The minimum absolute atomic E-state index is 0.0228. The Balaban J connectivity index is 1.35. The van der Waals surface area contributed by atoms with Gasteiger partial charge in [0.25, 0.3) is 5.69 Å². The van der Waals surface area contributed by atoms with Crippen LogP contribution in [0.3, 0.4) is 0 Å². The summed E-state index contributed by atoms with van der Waals surface area (Å²) >= 11 is 0. The van der Waals surface area contributed by atoms with Crippen molar-refractivity contribution < 1.29 is 19.7 Å². The maximum absolute atomic E-state index is 12.7. The molecule has 2 atom stereocenters. The van der Waals surface area contributed by atoms with Gasteiger partial charge in [0.2, 0.25) is 5.91 Å². The topological polar surface area (TPSA) is 102 Å². The molecule has 4 aliphatic carbocycles. The molecular weight excluding hydrogens is 324 g/mol. The number of amides is 1. The lowest BCUT2D eigenvalue weighted by molar-refractivity contribution is -0.384. The average molecular weight is 346 g/mol. The van der Waals surface area contributed by atoms with Gasteiger partial charge in [0, 0.05) is 12.1 Å². The van der Waals surface area contributed by atoms with Gasteiger partial charge >= 0.3 is 0 Å². The summed E-state index contributed by atoms with van der Waals surface area (Å²) in [5.41, 5.74) is 2.14. The molecule has 4 fully saturated rings. The summed E-state index contributed by atoms with van der Waals surface area (Å²) in [7, 11) is 0. The van der Waals surface area contributed by atoms with Gasteiger partial charge in [-0.25, -0.2) is 5.48 Å². The monoisotopic (exact) mass is 346 g/mol. The molecule has 134 valence electrons. The van der Waals surface area contributed by atoms with Crippen LogP contribution in [0.15, 0.2) is 24.3 Å². The number of carbonyl (C=O) groups is 1. The molecule has 4 bridgehead atoms. The fourth-order valence-electron chi connectivity index (χ4n) is 5.49. The standard InChI is InChI=1S/C18H22N2O5/c21-16(19-25-10-12-1-3-15(4-2-12)20(23)24)17-6-13-5-14(7-17)9-18(22,8-13)11-17/h1-4,13-14,22H,5-11H2,(H,19,21). The third-order valence-corrected chi connectivity index (χ3v) is 6.06. The molecule has 0 heterocycles. The van der Waals surface area contributed by atoms with Crippen LogP contribution in [0.4, 0.5) is 5.69 Å². The third kappa shape index (κ3) is 3.02. The summed E-state index contributed by atoms with van der Waals surface area (Å²) in [5.74, 6) is 0.736. The fraction of sp³-hybridized carbons (Fsp3) is 0.611. The van der Waals surface area contributed by atoms with Gasteiger partial charge in [-0.15, -0.1) is 0 Å². The molecule has 5 rings (SSSR count). The Hall–Kier alpha value is -1.99. The van der Waals surface area contributed by atoms with Crippen molar-refractivity contribution in [2.24, 2.45) is 17.3 Å². The van der Waals surface area contributed by atoms with Gasteiger partial charge in [-0.05, 0) is 68.1 Å². The van der Waals surface area contributed by atoms with Crippen LogP contribution in [0.2, 0.25) is 0 Å². The summed E-state index contributed by atoms with van der Waals surface area (Å²) in [6.07, 6.45) is 4.96. The number of hydrogen-bond acceptors (Lipinski definition) is 5. The van der Waals surface area contributed by atoms with Gasteiger partial charge in [-0.1, -0.05) is 0 Å². The molecule has 2 N–H and O–H groups in total. The van der Waals surface area contributed by atoms with Crippen molar-refractivity contribution in [3.63, 3.8) is 0 Å². The minimum atomic E-state index is -0.681. The van der Waals surface area contributed by atoms with Gasteiger partial charge in [-0.2, -0.15) is 0 Å². The van der Waals surface area contributed by atoms with Crippen LogP contribution >= 0.6 is 0 Å². The molecule has 0 aromatic heterocycles. The molecule has 2 unspecified atom stereocenters. The van der Waals surface area contributed by atoms with Crippen molar-refractivity contribution in [3.8, 4) is 0 Å². The van der Waals surface area contributed by atoms with Crippen molar-refractivity contribution in [1.82, 2.24) is 5.48 Å². The molecule has 0 aliphatic heterocycles. The summed E-state index contributed by atoms with van der Waals surface area (Å²) in [6, 6.07) is 6.04. The lowest BCUT2D eigenvalue weighted by atomic mass is 9.48. The van der Waals surface area contributed by atoms with Crippen LogP contribution in [0.1, 0.15) is 44.1 Å². The third-order valence-electron chi connectivity index (χ3n) is 6.06. The summed E-state index contributed by atoms with van der Waals surface area (Å²) in [5, 5.41) is 21.4. The Bertz CT molecular complexity index is 688. The predicted molar refractivity (Wildman–Crippen MR) is 88.1 cm³/mol. The van der Waals surface area contributed by atoms with E-state index >= 15 is 0 Å². The largest absolute Gasteiger partial charge is 0.390 e. The summed E-state index contributed by atoms with van der Waals surface area (Å²) in [6.45, 7) is 0.150. The van der Waals surface area contributed by atoms with E-state index in [4.69, 9.17) is 4.84 Å². The van der Waals surface area contributed by atoms with E-state index in [1.54, 1.807) is 12.1 Å². The van der Waals surface area contributed by atoms with Gasteiger partial charge in [0.1, 0.15) is 0 Å². The number of rotatable bonds is 5. The molecular formula is C18H22N2O5. The van der Waals surface area contributed by atoms with E-state index in [0.717, 1.165) is 37.7 Å². The van der Waals surface area contributed by atoms with E-state index < -0.39 is 15.9 Å². The number of nitro benzene ring substituents is 1. The SMILES string of the molecule is O=C(NOCc1ccc([N+](=O)[O-])cc1)C12CC3CC(CC(O)(C3)C1)C2. The zero-order valence-electron chi connectivity index (χ0n) is 13.9. The lowest BCUT2D eigenvalue weighted by Gasteiger charge is -2.59. The average Bonchev–Trinajstić information content (AvgIpc) is 2.53. The Morgan fingerprint density at radius 2 is 1.88 bits per heavy atom. The highest BCUT2D eigenvalue weighted by Crippen LogP contribution is 2.61. The molecule has 1 aromatic carbocycles. The second-order valence-corrected chi connectivity index (χ2v) is 8.11. The minimum Gasteiger partial charge on any atom is -0.390 e. The molecule has 0 spiro atoms. The molecule has 0 radical (unpaired) electrons. The first-order chi connectivity index (χ1) is 11.9. The molecule has 4 saturated carbocycles. The number of aliphatic hydroxyl groups is 1. The molecule has 1 amide bonds. The van der Waals surface area contributed by atoms with Gasteiger partial charge in [0.05, 0.1) is 22.5 Å². The van der Waals surface area contributed by atoms with Gasteiger partial charge < -0.3 is 5.11 Å². The van der Waals surface area contributed by atoms with Crippen LogP contribution in [0.25, 0.3) is 0 Å². The number of carbonyl (C=O) groups excluding carboxylic acids is 1. The van der Waals surface area contributed by atoms with Gasteiger partial charge in [0.15, 0.2) is 0 Å². The fourth-order valence-corrected chi connectivity index (χ4v) is 5.49. The Morgan fingerprint density at radius 3 is 2.44 bits per heavy atom. The maximum atomic E-state index is 12.7. The maximum Gasteiger partial charge on any atom is 0.269 e. The van der Waals surface area contributed by atoms with Crippen LogP contribution in [0.5, 0.6) is 0 Å². The second kappa shape index (κ2) is 5.78. The van der Waals surface area contributed by atoms with Crippen LogP contribution in [0, 0.1) is 27.4 Å². The summed E-state index contributed by atoms with van der Waals surface area (Å²) < 4.78 is 0. The molecule has 7 heteroatoms.